The molecular formula is C24H26N4O2S. The first kappa shape index (κ1) is 21.2. The quantitative estimate of drug-likeness (QED) is 0.402. The van der Waals surface area contributed by atoms with E-state index in [1.807, 2.05) is 32.3 Å². The zero-order valence-corrected chi connectivity index (χ0v) is 19.3. The van der Waals surface area contributed by atoms with E-state index in [1.54, 1.807) is 16.0 Å². The number of Topliss-reactive ketones (excluding diaryl/α,β-unsaturated/α-hetero) is 1. The smallest absolute Gasteiger partial charge is 0.215 e. The van der Waals surface area contributed by atoms with Gasteiger partial charge in [0.25, 0.3) is 0 Å². The predicted molar refractivity (Wildman–Crippen MR) is 124 cm³/mol. The molecule has 0 N–H and O–H groups in total. The molecule has 0 saturated carbocycles. The summed E-state index contributed by atoms with van der Waals surface area (Å²) in [6.07, 6.45) is 0.434. The molecule has 4 aromatic rings. The van der Waals surface area contributed by atoms with Gasteiger partial charge in [0.1, 0.15) is 17.3 Å². The Hall–Kier alpha value is -3.06. The molecule has 3 heterocycles. The Morgan fingerprint density at radius 1 is 1.16 bits per heavy atom. The Morgan fingerprint density at radius 3 is 2.58 bits per heavy atom. The molecule has 31 heavy (non-hydrogen) atoms. The summed E-state index contributed by atoms with van der Waals surface area (Å²) >= 11 is 1.57. The molecule has 0 fully saturated rings. The SMILES string of the molecule is Cc1ccc([C@H](C)CC(=O)COc2cc(C)c3c(-c4nc(C)cs4)nn(C)c3n2)cc1. The minimum atomic E-state index is 0.00450. The topological polar surface area (TPSA) is 69.9 Å². The molecule has 0 bridgehead atoms. The number of carbonyl (C=O) groups is 1. The van der Waals surface area contributed by atoms with Crippen molar-refractivity contribution in [3.05, 3.63) is 58.1 Å². The summed E-state index contributed by atoms with van der Waals surface area (Å²) in [4.78, 5) is 21.7. The van der Waals surface area contributed by atoms with Gasteiger partial charge in [-0.3, -0.25) is 4.79 Å². The van der Waals surface area contributed by atoms with E-state index < -0.39 is 0 Å². The van der Waals surface area contributed by atoms with Gasteiger partial charge >= 0.3 is 0 Å². The molecule has 6 nitrogen and oxygen atoms in total. The average Bonchev–Trinajstić information content (AvgIpc) is 3.30. The molecule has 0 saturated heterocycles. The number of benzene rings is 1. The first-order chi connectivity index (χ1) is 14.8. The Balaban J connectivity index is 1.48. The number of aromatic nitrogens is 4. The molecule has 0 aliphatic heterocycles. The van der Waals surface area contributed by atoms with Crippen LogP contribution in [0.1, 0.15) is 41.6 Å². The summed E-state index contributed by atoms with van der Waals surface area (Å²) in [5.41, 5.74) is 5.90. The minimum absolute atomic E-state index is 0.00450. The summed E-state index contributed by atoms with van der Waals surface area (Å²) < 4.78 is 7.51. The second-order valence-electron chi connectivity index (χ2n) is 8.09. The molecule has 3 aromatic heterocycles. The number of thiazole rings is 1. The zero-order chi connectivity index (χ0) is 22.1. The first-order valence-electron chi connectivity index (χ1n) is 10.3. The molecule has 1 aromatic carbocycles. The van der Waals surface area contributed by atoms with Crippen molar-refractivity contribution in [2.75, 3.05) is 6.61 Å². The second kappa shape index (κ2) is 8.59. The molecule has 0 radical (unpaired) electrons. The molecule has 4 rings (SSSR count). The summed E-state index contributed by atoms with van der Waals surface area (Å²) in [6.45, 7) is 8.10. The van der Waals surface area contributed by atoms with Gasteiger partial charge in [-0.1, -0.05) is 36.8 Å². The molecule has 0 aliphatic carbocycles. The fourth-order valence-corrected chi connectivity index (χ4v) is 4.44. The van der Waals surface area contributed by atoms with E-state index in [4.69, 9.17) is 4.74 Å². The summed E-state index contributed by atoms with van der Waals surface area (Å²) in [6, 6.07) is 10.2. The fraction of sp³-hybridized carbons (Fsp3) is 0.333. The van der Waals surface area contributed by atoms with E-state index in [-0.39, 0.29) is 18.3 Å². The lowest BCUT2D eigenvalue weighted by molar-refractivity contribution is -0.121. The Morgan fingerprint density at radius 2 is 1.90 bits per heavy atom. The van der Waals surface area contributed by atoms with Crippen LogP contribution in [-0.4, -0.2) is 32.1 Å². The van der Waals surface area contributed by atoms with Crippen molar-refractivity contribution in [1.82, 2.24) is 19.7 Å². The summed E-state index contributed by atoms with van der Waals surface area (Å²) in [5, 5.41) is 8.48. The van der Waals surface area contributed by atoms with Crippen molar-refractivity contribution in [2.24, 2.45) is 7.05 Å². The largest absolute Gasteiger partial charge is 0.470 e. The maximum Gasteiger partial charge on any atom is 0.215 e. The highest BCUT2D eigenvalue weighted by atomic mass is 32.1. The van der Waals surface area contributed by atoms with Crippen LogP contribution in [0, 0.1) is 20.8 Å². The standard InChI is InChI=1S/C24H26N4O2S/c1-14-6-8-18(9-7-14)15(2)10-19(29)12-30-20-11-16(3)21-22(24-25-17(4)13-31-24)27-28(5)23(21)26-20/h6-9,11,13,15H,10,12H2,1-5H3/t15-/m1/s1. The lowest BCUT2D eigenvalue weighted by atomic mass is 9.95. The minimum Gasteiger partial charge on any atom is -0.470 e. The van der Waals surface area contributed by atoms with Crippen molar-refractivity contribution in [3.63, 3.8) is 0 Å². The Labute approximate surface area is 185 Å². The van der Waals surface area contributed by atoms with Crippen LogP contribution in [0.4, 0.5) is 0 Å². The maximum atomic E-state index is 12.5. The van der Waals surface area contributed by atoms with Gasteiger partial charge in [0.2, 0.25) is 5.88 Å². The van der Waals surface area contributed by atoms with E-state index in [1.165, 1.54) is 5.56 Å². The number of ether oxygens (including phenoxy) is 1. The predicted octanol–water partition coefficient (Wildman–Crippen LogP) is 5.16. The molecule has 0 amide bonds. The van der Waals surface area contributed by atoms with Gasteiger partial charge in [-0.05, 0) is 37.8 Å². The number of carbonyl (C=O) groups excluding carboxylic acids is 1. The normalized spacial score (nSPS) is 12.3. The van der Waals surface area contributed by atoms with Crippen molar-refractivity contribution in [2.45, 2.75) is 40.0 Å². The number of rotatable bonds is 7. The lowest BCUT2D eigenvalue weighted by Crippen LogP contribution is -2.14. The summed E-state index contributed by atoms with van der Waals surface area (Å²) in [5.74, 6) is 0.637. The van der Waals surface area contributed by atoms with Gasteiger partial charge in [0, 0.05) is 30.6 Å². The molecule has 160 valence electrons. The number of nitrogens with zero attached hydrogens (tertiary/aromatic N) is 4. The number of ketones is 1. The van der Waals surface area contributed by atoms with E-state index in [0.29, 0.717) is 12.3 Å². The van der Waals surface area contributed by atoms with Crippen molar-refractivity contribution < 1.29 is 9.53 Å². The van der Waals surface area contributed by atoms with E-state index in [0.717, 1.165) is 38.6 Å². The van der Waals surface area contributed by atoms with Gasteiger partial charge in [0.05, 0.1) is 5.39 Å². The van der Waals surface area contributed by atoms with Crippen LogP contribution in [0.3, 0.4) is 0 Å². The molecule has 7 heteroatoms. The highest BCUT2D eigenvalue weighted by Crippen LogP contribution is 2.32. The first-order valence-corrected chi connectivity index (χ1v) is 11.2. The van der Waals surface area contributed by atoms with Crippen molar-refractivity contribution >= 4 is 28.2 Å². The third-order valence-corrected chi connectivity index (χ3v) is 6.32. The van der Waals surface area contributed by atoms with Crippen molar-refractivity contribution in [3.8, 4) is 16.6 Å². The Kier molecular flexibility index (Phi) is 5.87. The van der Waals surface area contributed by atoms with Crippen LogP contribution in [-0.2, 0) is 11.8 Å². The van der Waals surface area contributed by atoms with Gasteiger partial charge in [-0.25, -0.2) is 9.67 Å². The van der Waals surface area contributed by atoms with Crippen LogP contribution >= 0.6 is 11.3 Å². The number of aryl methyl sites for hydroxylation is 4. The maximum absolute atomic E-state index is 12.5. The monoisotopic (exact) mass is 434 g/mol. The molecular weight excluding hydrogens is 408 g/mol. The Bertz CT molecular complexity index is 1240. The van der Waals surface area contributed by atoms with Crippen molar-refractivity contribution in [1.29, 1.82) is 0 Å². The number of fused-ring (bicyclic) bond motifs is 1. The van der Waals surface area contributed by atoms with Gasteiger partial charge < -0.3 is 4.74 Å². The zero-order valence-electron chi connectivity index (χ0n) is 18.5. The van der Waals surface area contributed by atoms with E-state index in [2.05, 4.69) is 53.2 Å². The van der Waals surface area contributed by atoms with Crippen LogP contribution in [0.5, 0.6) is 5.88 Å². The molecule has 1 atom stereocenters. The van der Waals surface area contributed by atoms with E-state index >= 15 is 0 Å². The average molecular weight is 435 g/mol. The summed E-state index contributed by atoms with van der Waals surface area (Å²) in [7, 11) is 1.86. The third kappa shape index (κ3) is 4.51. The molecule has 0 aliphatic rings. The molecule has 0 spiro atoms. The van der Waals surface area contributed by atoms with Crippen LogP contribution < -0.4 is 4.74 Å². The molecule has 0 unspecified atom stereocenters. The van der Waals surface area contributed by atoms with Gasteiger partial charge in [0.15, 0.2) is 11.4 Å². The highest BCUT2D eigenvalue weighted by Gasteiger charge is 2.19. The fourth-order valence-electron chi connectivity index (χ4n) is 3.65. The van der Waals surface area contributed by atoms with Crippen LogP contribution in [0.25, 0.3) is 21.7 Å². The lowest BCUT2D eigenvalue weighted by Gasteiger charge is -2.12. The van der Waals surface area contributed by atoms with Crippen LogP contribution in [0.2, 0.25) is 0 Å². The number of hydrogen-bond donors (Lipinski definition) is 0. The highest BCUT2D eigenvalue weighted by molar-refractivity contribution is 7.13. The second-order valence-corrected chi connectivity index (χ2v) is 8.94. The van der Waals surface area contributed by atoms with E-state index in [9.17, 15) is 4.79 Å². The van der Waals surface area contributed by atoms with Gasteiger partial charge in [-0.15, -0.1) is 11.3 Å². The number of hydrogen-bond acceptors (Lipinski definition) is 6. The van der Waals surface area contributed by atoms with Crippen LogP contribution in [0.15, 0.2) is 35.7 Å². The van der Waals surface area contributed by atoms with Gasteiger partial charge in [-0.2, -0.15) is 10.1 Å². The third-order valence-electron chi connectivity index (χ3n) is 5.35. The number of pyridine rings is 1.